The van der Waals surface area contributed by atoms with E-state index in [0.717, 1.165) is 12.8 Å². The molecular formula is C12H17N5O3. The molecule has 8 nitrogen and oxygen atoms in total. The van der Waals surface area contributed by atoms with Gasteiger partial charge in [-0.05, 0) is 19.8 Å². The zero-order chi connectivity index (χ0) is 14.1. The lowest BCUT2D eigenvalue weighted by molar-refractivity contribution is -0.0241. The number of aliphatic hydroxyl groups is 1. The van der Waals surface area contributed by atoms with Crippen LogP contribution >= 0.6 is 0 Å². The number of imidazole rings is 1. The molecule has 0 saturated carbocycles. The molecule has 2 atom stereocenters. The fraction of sp³-hybridized carbons (Fsp3) is 0.583. The van der Waals surface area contributed by atoms with E-state index < -0.39 is 0 Å². The van der Waals surface area contributed by atoms with E-state index in [1.165, 1.54) is 6.33 Å². The zero-order valence-corrected chi connectivity index (χ0v) is 11.2. The molecule has 20 heavy (non-hydrogen) atoms. The highest BCUT2D eigenvalue weighted by Gasteiger charge is 2.30. The zero-order valence-electron chi connectivity index (χ0n) is 11.2. The Morgan fingerprint density at radius 2 is 2.35 bits per heavy atom. The molecule has 3 rings (SSSR count). The summed E-state index contributed by atoms with van der Waals surface area (Å²) < 4.78 is 13.1. The van der Waals surface area contributed by atoms with Crippen molar-refractivity contribution in [1.29, 1.82) is 0 Å². The molecule has 3 N–H and O–H groups in total. The van der Waals surface area contributed by atoms with Crippen LogP contribution in [0.1, 0.15) is 26.0 Å². The van der Waals surface area contributed by atoms with Crippen LogP contribution < -0.4 is 10.5 Å². The molecule has 1 saturated heterocycles. The lowest BCUT2D eigenvalue weighted by atomic mass is 10.2. The molecule has 0 bridgehead atoms. The summed E-state index contributed by atoms with van der Waals surface area (Å²) in [5.74, 6) is 0.311. The maximum Gasteiger partial charge on any atom is 0.300 e. The van der Waals surface area contributed by atoms with Crippen LogP contribution in [0.3, 0.4) is 0 Å². The number of hydrogen-bond donors (Lipinski definition) is 2. The molecule has 0 radical (unpaired) electrons. The van der Waals surface area contributed by atoms with Gasteiger partial charge in [-0.3, -0.25) is 4.57 Å². The van der Waals surface area contributed by atoms with E-state index in [2.05, 4.69) is 15.0 Å². The number of aromatic nitrogens is 4. The topological polar surface area (TPSA) is 108 Å². The number of nitrogen functional groups attached to an aromatic ring is 1. The maximum atomic E-state index is 9.18. The number of ether oxygens (including phenoxy) is 2. The monoisotopic (exact) mass is 279 g/mol. The van der Waals surface area contributed by atoms with Crippen molar-refractivity contribution in [3.63, 3.8) is 0 Å². The Morgan fingerprint density at radius 1 is 1.50 bits per heavy atom. The summed E-state index contributed by atoms with van der Waals surface area (Å²) in [5.41, 5.74) is 6.92. The van der Waals surface area contributed by atoms with Gasteiger partial charge in [0.15, 0.2) is 17.0 Å². The van der Waals surface area contributed by atoms with E-state index in [1.54, 1.807) is 4.57 Å². The van der Waals surface area contributed by atoms with E-state index in [4.69, 9.17) is 15.2 Å². The van der Waals surface area contributed by atoms with E-state index in [1.807, 2.05) is 6.92 Å². The lowest BCUT2D eigenvalue weighted by Gasteiger charge is -2.16. The minimum atomic E-state index is -0.256. The van der Waals surface area contributed by atoms with Crippen molar-refractivity contribution in [3.8, 4) is 6.01 Å². The highest BCUT2D eigenvalue weighted by Crippen LogP contribution is 2.35. The number of hydrogen-bond acceptors (Lipinski definition) is 7. The Kier molecular flexibility index (Phi) is 3.41. The van der Waals surface area contributed by atoms with Crippen molar-refractivity contribution in [2.45, 2.75) is 32.1 Å². The summed E-state index contributed by atoms with van der Waals surface area (Å²) in [7, 11) is 0. The fourth-order valence-electron chi connectivity index (χ4n) is 2.41. The molecule has 1 fully saturated rings. The highest BCUT2D eigenvalue weighted by atomic mass is 16.5. The minimum Gasteiger partial charge on any atom is -0.465 e. The number of fused-ring (bicyclic) bond motifs is 1. The van der Waals surface area contributed by atoms with Gasteiger partial charge in [-0.15, -0.1) is 0 Å². The quantitative estimate of drug-likeness (QED) is 0.837. The van der Waals surface area contributed by atoms with Gasteiger partial charge >= 0.3 is 6.01 Å². The molecule has 2 aromatic rings. The lowest BCUT2D eigenvalue weighted by Crippen LogP contribution is -2.15. The predicted octanol–water partition coefficient (Wildman–Crippen LogP) is 0.477. The highest BCUT2D eigenvalue weighted by molar-refractivity contribution is 5.82. The van der Waals surface area contributed by atoms with Crippen LogP contribution in [0.25, 0.3) is 11.2 Å². The van der Waals surface area contributed by atoms with Crippen LogP contribution in [-0.4, -0.2) is 43.9 Å². The molecule has 1 aliphatic rings. The van der Waals surface area contributed by atoms with E-state index in [-0.39, 0.29) is 18.9 Å². The second kappa shape index (κ2) is 5.22. The minimum absolute atomic E-state index is 0.00419. The SMILES string of the molecule is CCOc1nc2c(N)ncnc2n1C1CCC(CO)O1. The van der Waals surface area contributed by atoms with Crippen LogP contribution in [0.2, 0.25) is 0 Å². The first kappa shape index (κ1) is 13.1. The van der Waals surface area contributed by atoms with Gasteiger partial charge in [0.05, 0.1) is 19.3 Å². The number of anilines is 1. The van der Waals surface area contributed by atoms with E-state index in [9.17, 15) is 5.11 Å². The van der Waals surface area contributed by atoms with Crippen LogP contribution in [0.15, 0.2) is 6.33 Å². The average molecular weight is 279 g/mol. The Balaban J connectivity index is 2.07. The number of nitrogens with zero attached hydrogens (tertiary/aromatic N) is 4. The second-order valence-corrected chi connectivity index (χ2v) is 4.60. The van der Waals surface area contributed by atoms with E-state index >= 15 is 0 Å². The van der Waals surface area contributed by atoms with Crippen molar-refractivity contribution >= 4 is 17.0 Å². The normalized spacial score (nSPS) is 22.5. The molecule has 0 spiro atoms. The summed E-state index contributed by atoms with van der Waals surface area (Å²) in [6.45, 7) is 2.36. The molecule has 8 heteroatoms. The fourth-order valence-corrected chi connectivity index (χ4v) is 2.41. The van der Waals surface area contributed by atoms with Crippen molar-refractivity contribution < 1.29 is 14.6 Å². The van der Waals surface area contributed by atoms with Gasteiger partial charge in [0.2, 0.25) is 0 Å². The molecule has 2 unspecified atom stereocenters. The van der Waals surface area contributed by atoms with Crippen molar-refractivity contribution in [2.75, 3.05) is 18.9 Å². The smallest absolute Gasteiger partial charge is 0.300 e. The maximum absolute atomic E-state index is 9.18. The third-order valence-corrected chi connectivity index (χ3v) is 3.32. The van der Waals surface area contributed by atoms with Crippen molar-refractivity contribution in [2.24, 2.45) is 0 Å². The summed E-state index contributed by atoms with van der Waals surface area (Å²) in [4.78, 5) is 12.5. The Bertz CT molecular complexity index is 614. The predicted molar refractivity (Wildman–Crippen MR) is 71.1 cm³/mol. The number of rotatable bonds is 4. The largest absolute Gasteiger partial charge is 0.465 e. The summed E-state index contributed by atoms with van der Waals surface area (Å²) in [6.07, 6.45) is 2.52. The second-order valence-electron chi connectivity index (χ2n) is 4.60. The molecular weight excluding hydrogens is 262 g/mol. The van der Waals surface area contributed by atoms with Gasteiger partial charge in [0.25, 0.3) is 0 Å². The Hall–Kier alpha value is -1.93. The molecule has 3 heterocycles. The summed E-state index contributed by atoms with van der Waals surface area (Å²) >= 11 is 0. The number of aliphatic hydroxyl groups excluding tert-OH is 1. The third kappa shape index (κ3) is 2.06. The standard InChI is InChI=1S/C12H17N5O3/c1-2-19-12-16-9-10(13)14-6-15-11(9)17(12)8-4-3-7(5-18)20-8/h6-8,18H,2-5H2,1H3,(H2,13,14,15). The average Bonchev–Trinajstić information content (AvgIpc) is 3.03. The van der Waals surface area contributed by atoms with Crippen molar-refractivity contribution in [3.05, 3.63) is 6.33 Å². The van der Waals surface area contributed by atoms with Crippen molar-refractivity contribution in [1.82, 2.24) is 19.5 Å². The Morgan fingerprint density at radius 3 is 3.05 bits per heavy atom. The van der Waals surface area contributed by atoms with Gasteiger partial charge in [0.1, 0.15) is 12.6 Å². The van der Waals surface area contributed by atoms with Gasteiger partial charge < -0.3 is 20.3 Å². The molecule has 0 aromatic carbocycles. The van der Waals surface area contributed by atoms with Gasteiger partial charge in [0, 0.05) is 0 Å². The van der Waals surface area contributed by atoms with Gasteiger partial charge in [-0.25, -0.2) is 9.97 Å². The van der Waals surface area contributed by atoms with Crippen LogP contribution in [0, 0.1) is 0 Å². The van der Waals surface area contributed by atoms with Gasteiger partial charge in [-0.2, -0.15) is 4.98 Å². The Labute approximate surface area is 115 Å². The molecule has 1 aliphatic heterocycles. The van der Waals surface area contributed by atoms with Crippen LogP contribution in [-0.2, 0) is 4.74 Å². The molecule has 108 valence electrons. The van der Waals surface area contributed by atoms with Crippen LogP contribution in [0.4, 0.5) is 5.82 Å². The van der Waals surface area contributed by atoms with Crippen LogP contribution in [0.5, 0.6) is 6.01 Å². The van der Waals surface area contributed by atoms with Gasteiger partial charge in [-0.1, -0.05) is 0 Å². The number of nitrogens with two attached hydrogens (primary N) is 1. The van der Waals surface area contributed by atoms with E-state index in [0.29, 0.717) is 29.6 Å². The third-order valence-electron chi connectivity index (χ3n) is 3.32. The summed E-state index contributed by atoms with van der Waals surface area (Å²) in [5, 5.41) is 9.18. The summed E-state index contributed by atoms with van der Waals surface area (Å²) in [6, 6.07) is 0.415. The molecule has 0 amide bonds. The first-order valence-corrected chi connectivity index (χ1v) is 6.62. The molecule has 0 aliphatic carbocycles. The first-order chi connectivity index (χ1) is 9.74. The first-order valence-electron chi connectivity index (χ1n) is 6.62. The molecule has 2 aromatic heterocycles.